The first-order valence-electron chi connectivity index (χ1n) is 5.76. The standard InChI is InChI=1S/C12H11N5O4/c1-7-6-16(12(13)15-7)14-5-8-2-3-9(17(20)21)4-10(8)11(18)19/h2-6H,1H3,(H2,13,15)(H,18,19). The van der Waals surface area contributed by atoms with E-state index < -0.39 is 10.9 Å². The first kappa shape index (κ1) is 14.2. The molecule has 0 aliphatic carbocycles. The van der Waals surface area contributed by atoms with Gasteiger partial charge in [-0.15, -0.1) is 0 Å². The minimum absolute atomic E-state index is 0.155. The molecule has 1 heterocycles. The van der Waals surface area contributed by atoms with Gasteiger partial charge in [-0.2, -0.15) is 5.10 Å². The van der Waals surface area contributed by atoms with Gasteiger partial charge in [0, 0.05) is 17.7 Å². The third-order valence-electron chi connectivity index (χ3n) is 2.63. The summed E-state index contributed by atoms with van der Waals surface area (Å²) in [6.07, 6.45) is 2.82. The number of carboxylic acids is 1. The number of hydrogen-bond donors (Lipinski definition) is 2. The number of nitrogen functional groups attached to an aromatic ring is 1. The minimum Gasteiger partial charge on any atom is -0.478 e. The van der Waals surface area contributed by atoms with E-state index in [1.165, 1.54) is 23.0 Å². The van der Waals surface area contributed by atoms with Gasteiger partial charge < -0.3 is 10.8 Å². The summed E-state index contributed by atoms with van der Waals surface area (Å²) in [6.45, 7) is 1.73. The smallest absolute Gasteiger partial charge is 0.336 e. The number of hydrogen-bond acceptors (Lipinski definition) is 6. The molecule has 0 unspecified atom stereocenters. The lowest BCUT2D eigenvalue weighted by molar-refractivity contribution is -0.384. The number of aromatic nitrogens is 2. The van der Waals surface area contributed by atoms with Crippen LogP contribution in [-0.4, -0.2) is 31.9 Å². The van der Waals surface area contributed by atoms with Crippen LogP contribution in [0, 0.1) is 17.0 Å². The number of carbonyl (C=O) groups is 1. The van der Waals surface area contributed by atoms with Crippen molar-refractivity contribution in [1.29, 1.82) is 0 Å². The highest BCUT2D eigenvalue weighted by Gasteiger charge is 2.15. The molecule has 0 bridgehead atoms. The molecule has 0 atom stereocenters. The SMILES string of the molecule is Cc1cn(N=Cc2ccc([N+](=O)[O-])cc2C(=O)O)c(N)n1. The summed E-state index contributed by atoms with van der Waals surface area (Å²) in [6, 6.07) is 3.49. The summed E-state index contributed by atoms with van der Waals surface area (Å²) >= 11 is 0. The van der Waals surface area contributed by atoms with Gasteiger partial charge in [-0.3, -0.25) is 10.1 Å². The molecule has 0 aliphatic heterocycles. The summed E-state index contributed by atoms with van der Waals surface area (Å²) in [5, 5.41) is 23.7. The molecule has 1 aromatic carbocycles. The van der Waals surface area contributed by atoms with Crippen molar-refractivity contribution in [2.24, 2.45) is 5.10 Å². The highest BCUT2D eigenvalue weighted by atomic mass is 16.6. The second-order valence-electron chi connectivity index (χ2n) is 4.16. The highest BCUT2D eigenvalue weighted by Crippen LogP contribution is 2.17. The Hall–Kier alpha value is -3.23. The summed E-state index contributed by atoms with van der Waals surface area (Å²) in [5.74, 6) is -1.13. The molecule has 1 aromatic heterocycles. The van der Waals surface area contributed by atoms with Crippen LogP contribution in [0.1, 0.15) is 21.6 Å². The Bertz CT molecular complexity index is 750. The van der Waals surface area contributed by atoms with Gasteiger partial charge in [0.2, 0.25) is 5.95 Å². The van der Waals surface area contributed by atoms with Crippen molar-refractivity contribution < 1.29 is 14.8 Å². The van der Waals surface area contributed by atoms with Gasteiger partial charge in [-0.1, -0.05) is 0 Å². The predicted octanol–water partition coefficient (Wildman–Crippen LogP) is 1.26. The molecule has 0 saturated carbocycles. The molecule has 2 rings (SSSR count). The summed E-state index contributed by atoms with van der Waals surface area (Å²) in [4.78, 5) is 25.1. The zero-order chi connectivity index (χ0) is 15.6. The molecule has 3 N–H and O–H groups in total. The number of nitro groups is 1. The van der Waals surface area contributed by atoms with Gasteiger partial charge in [0.15, 0.2) is 0 Å². The van der Waals surface area contributed by atoms with Crippen LogP contribution in [0.4, 0.5) is 11.6 Å². The molecule has 9 heteroatoms. The van der Waals surface area contributed by atoms with Gasteiger partial charge in [-0.05, 0) is 13.0 Å². The number of nitro benzene ring substituents is 1. The lowest BCUT2D eigenvalue weighted by atomic mass is 10.1. The summed E-state index contributed by atoms with van der Waals surface area (Å²) in [7, 11) is 0. The van der Waals surface area contributed by atoms with Crippen LogP contribution in [0.5, 0.6) is 0 Å². The summed E-state index contributed by atoms with van der Waals surface area (Å²) < 4.78 is 1.28. The van der Waals surface area contributed by atoms with Crippen molar-refractivity contribution in [3.8, 4) is 0 Å². The van der Waals surface area contributed by atoms with Crippen LogP contribution in [0.2, 0.25) is 0 Å². The van der Waals surface area contributed by atoms with E-state index in [-0.39, 0.29) is 22.8 Å². The van der Waals surface area contributed by atoms with Gasteiger partial charge in [0.05, 0.1) is 28.6 Å². The molecule has 108 valence electrons. The van der Waals surface area contributed by atoms with Gasteiger partial charge in [-0.25, -0.2) is 14.5 Å². The Kier molecular flexibility index (Phi) is 3.65. The average Bonchev–Trinajstić information content (AvgIpc) is 2.74. The second-order valence-corrected chi connectivity index (χ2v) is 4.16. The average molecular weight is 289 g/mol. The fourth-order valence-electron chi connectivity index (χ4n) is 1.68. The van der Waals surface area contributed by atoms with E-state index in [4.69, 9.17) is 10.8 Å². The molecule has 0 fully saturated rings. The van der Waals surface area contributed by atoms with Gasteiger partial charge >= 0.3 is 5.97 Å². The van der Waals surface area contributed by atoms with Crippen molar-refractivity contribution in [3.63, 3.8) is 0 Å². The third-order valence-corrected chi connectivity index (χ3v) is 2.63. The maximum atomic E-state index is 11.2. The minimum atomic E-state index is -1.28. The molecule has 0 saturated heterocycles. The Morgan fingerprint density at radius 2 is 2.29 bits per heavy atom. The Labute approximate surface area is 118 Å². The van der Waals surface area contributed by atoms with Crippen LogP contribution in [0.25, 0.3) is 0 Å². The zero-order valence-electron chi connectivity index (χ0n) is 10.9. The van der Waals surface area contributed by atoms with Crippen LogP contribution >= 0.6 is 0 Å². The van der Waals surface area contributed by atoms with E-state index in [1.807, 2.05) is 0 Å². The lowest BCUT2D eigenvalue weighted by Crippen LogP contribution is -2.04. The molecule has 0 radical (unpaired) electrons. The van der Waals surface area contributed by atoms with E-state index in [0.29, 0.717) is 5.69 Å². The Morgan fingerprint density at radius 1 is 1.57 bits per heavy atom. The lowest BCUT2D eigenvalue weighted by Gasteiger charge is -2.01. The van der Waals surface area contributed by atoms with E-state index >= 15 is 0 Å². The molecule has 9 nitrogen and oxygen atoms in total. The number of imidazole rings is 1. The number of non-ortho nitro benzene ring substituents is 1. The van der Waals surface area contributed by atoms with Crippen molar-refractivity contribution in [1.82, 2.24) is 9.66 Å². The first-order valence-corrected chi connectivity index (χ1v) is 5.76. The molecule has 0 spiro atoms. The molecule has 21 heavy (non-hydrogen) atoms. The van der Waals surface area contributed by atoms with Gasteiger partial charge in [0.25, 0.3) is 5.69 Å². The van der Waals surface area contributed by atoms with E-state index in [1.54, 1.807) is 13.1 Å². The van der Waals surface area contributed by atoms with Crippen molar-refractivity contribution in [2.75, 3.05) is 5.73 Å². The van der Waals surface area contributed by atoms with Crippen molar-refractivity contribution in [2.45, 2.75) is 6.92 Å². The zero-order valence-corrected chi connectivity index (χ0v) is 10.9. The van der Waals surface area contributed by atoms with Crippen molar-refractivity contribution in [3.05, 3.63) is 51.3 Å². The normalized spacial score (nSPS) is 10.9. The van der Waals surface area contributed by atoms with Crippen molar-refractivity contribution >= 4 is 23.8 Å². The topological polar surface area (TPSA) is 137 Å². The molecule has 2 aromatic rings. The van der Waals surface area contributed by atoms with Crippen LogP contribution < -0.4 is 5.73 Å². The number of rotatable bonds is 4. The Morgan fingerprint density at radius 3 is 2.81 bits per heavy atom. The van der Waals surface area contributed by atoms with E-state index in [2.05, 4.69) is 10.1 Å². The van der Waals surface area contributed by atoms with E-state index in [0.717, 1.165) is 6.07 Å². The Balaban J connectivity index is 2.42. The largest absolute Gasteiger partial charge is 0.478 e. The number of nitrogens with zero attached hydrogens (tertiary/aromatic N) is 4. The predicted molar refractivity (Wildman–Crippen MR) is 74.4 cm³/mol. The maximum absolute atomic E-state index is 11.2. The number of nitrogens with two attached hydrogens (primary N) is 1. The molecule has 0 aliphatic rings. The number of aromatic carboxylic acids is 1. The van der Waals surface area contributed by atoms with Crippen LogP contribution in [-0.2, 0) is 0 Å². The number of anilines is 1. The molecular formula is C12H11N5O4. The maximum Gasteiger partial charge on any atom is 0.336 e. The monoisotopic (exact) mass is 289 g/mol. The number of aryl methyl sites for hydroxylation is 1. The molecule has 0 amide bonds. The molecular weight excluding hydrogens is 278 g/mol. The second kappa shape index (κ2) is 5.41. The third kappa shape index (κ3) is 3.03. The van der Waals surface area contributed by atoms with Crippen LogP contribution in [0.3, 0.4) is 0 Å². The van der Waals surface area contributed by atoms with E-state index in [9.17, 15) is 14.9 Å². The quantitative estimate of drug-likeness (QED) is 0.494. The highest BCUT2D eigenvalue weighted by molar-refractivity contribution is 5.99. The van der Waals surface area contributed by atoms with Gasteiger partial charge in [0.1, 0.15) is 0 Å². The fourth-order valence-corrected chi connectivity index (χ4v) is 1.68. The van der Waals surface area contributed by atoms with Crippen LogP contribution in [0.15, 0.2) is 29.5 Å². The fraction of sp³-hybridized carbons (Fsp3) is 0.0833. The number of carboxylic acid groups (broad SMARTS) is 1. The number of benzene rings is 1. The first-order chi connectivity index (χ1) is 9.88. The summed E-state index contributed by atoms with van der Waals surface area (Å²) in [5.41, 5.74) is 5.96.